The molecule has 27 heavy (non-hydrogen) atoms. The van der Waals surface area contributed by atoms with E-state index in [0.29, 0.717) is 17.1 Å². The lowest BCUT2D eigenvalue weighted by Gasteiger charge is -2.11. The molecule has 136 valence electrons. The Morgan fingerprint density at radius 2 is 1.89 bits per heavy atom. The van der Waals surface area contributed by atoms with E-state index in [2.05, 4.69) is 15.6 Å². The maximum absolute atomic E-state index is 13.3. The fourth-order valence-corrected chi connectivity index (χ4v) is 2.40. The number of pyridine rings is 1. The summed E-state index contributed by atoms with van der Waals surface area (Å²) in [5.41, 5.74) is 1.47. The van der Waals surface area contributed by atoms with Gasteiger partial charge in [-0.1, -0.05) is 18.2 Å². The molecule has 1 aromatic heterocycles. The van der Waals surface area contributed by atoms with E-state index in [9.17, 15) is 19.3 Å². The van der Waals surface area contributed by atoms with Crippen molar-refractivity contribution in [3.05, 3.63) is 93.9 Å². The van der Waals surface area contributed by atoms with Gasteiger partial charge < -0.3 is 10.6 Å². The number of benzene rings is 2. The molecule has 0 unspecified atom stereocenters. The maximum atomic E-state index is 13.3. The van der Waals surface area contributed by atoms with Gasteiger partial charge in [-0.3, -0.25) is 14.9 Å². The number of nitrogens with one attached hydrogen (secondary N) is 2. The first-order chi connectivity index (χ1) is 13.0. The third kappa shape index (κ3) is 4.63. The summed E-state index contributed by atoms with van der Waals surface area (Å²) in [6.07, 6.45) is 1.52. The Kier molecular flexibility index (Phi) is 5.36. The van der Waals surface area contributed by atoms with Crippen LogP contribution >= 0.6 is 0 Å². The minimum atomic E-state index is -0.484. The first-order valence-corrected chi connectivity index (χ1v) is 8.02. The molecular formula is C19H15FN4O3. The number of halogens is 1. The normalized spacial score (nSPS) is 10.3. The summed E-state index contributed by atoms with van der Waals surface area (Å²) in [6, 6.07) is 15.0. The van der Waals surface area contributed by atoms with Gasteiger partial charge in [0.05, 0.1) is 10.5 Å². The van der Waals surface area contributed by atoms with E-state index in [1.807, 2.05) is 0 Å². The van der Waals surface area contributed by atoms with Crippen molar-refractivity contribution >= 4 is 23.1 Å². The second-order valence-electron chi connectivity index (χ2n) is 5.64. The van der Waals surface area contributed by atoms with E-state index in [1.165, 1.54) is 30.5 Å². The zero-order chi connectivity index (χ0) is 19.2. The Morgan fingerprint density at radius 3 is 2.59 bits per heavy atom. The van der Waals surface area contributed by atoms with Crippen LogP contribution in [0, 0.1) is 15.9 Å². The summed E-state index contributed by atoms with van der Waals surface area (Å²) in [7, 11) is 0. The first-order valence-electron chi connectivity index (χ1n) is 8.02. The molecule has 0 bridgehead atoms. The third-order valence-corrected chi connectivity index (χ3v) is 3.74. The summed E-state index contributed by atoms with van der Waals surface area (Å²) < 4.78 is 13.3. The number of carbonyl (C=O) groups excluding carboxylic acids is 1. The second kappa shape index (κ2) is 8.05. The van der Waals surface area contributed by atoms with Crippen molar-refractivity contribution in [3.63, 3.8) is 0 Å². The molecule has 1 amide bonds. The van der Waals surface area contributed by atoms with Gasteiger partial charge in [0, 0.05) is 30.6 Å². The lowest BCUT2D eigenvalue weighted by atomic mass is 10.2. The topological polar surface area (TPSA) is 97.2 Å². The van der Waals surface area contributed by atoms with Gasteiger partial charge in [0.1, 0.15) is 11.6 Å². The van der Waals surface area contributed by atoms with Crippen molar-refractivity contribution in [1.82, 2.24) is 10.3 Å². The Bertz CT molecular complexity index is 977. The third-order valence-electron chi connectivity index (χ3n) is 3.74. The van der Waals surface area contributed by atoms with Gasteiger partial charge in [0.15, 0.2) is 0 Å². The van der Waals surface area contributed by atoms with Gasteiger partial charge in [-0.15, -0.1) is 0 Å². The SMILES string of the molecule is O=C(NCc1ccc([N+](=O)[O-])cc1)c1cccnc1Nc1cccc(F)c1. The van der Waals surface area contributed by atoms with Crippen molar-refractivity contribution in [2.45, 2.75) is 6.54 Å². The number of aromatic nitrogens is 1. The zero-order valence-electron chi connectivity index (χ0n) is 14.1. The van der Waals surface area contributed by atoms with Gasteiger partial charge in [-0.2, -0.15) is 0 Å². The van der Waals surface area contributed by atoms with Crippen molar-refractivity contribution in [3.8, 4) is 0 Å². The lowest BCUT2D eigenvalue weighted by molar-refractivity contribution is -0.384. The number of nitro groups is 1. The van der Waals surface area contributed by atoms with Crippen molar-refractivity contribution < 1.29 is 14.1 Å². The van der Waals surface area contributed by atoms with Gasteiger partial charge in [-0.05, 0) is 35.9 Å². The van der Waals surface area contributed by atoms with Crippen LogP contribution in [-0.2, 0) is 6.54 Å². The highest BCUT2D eigenvalue weighted by Crippen LogP contribution is 2.19. The molecule has 0 atom stereocenters. The summed E-state index contributed by atoms with van der Waals surface area (Å²) >= 11 is 0. The van der Waals surface area contributed by atoms with Crippen LogP contribution in [0.15, 0.2) is 66.9 Å². The van der Waals surface area contributed by atoms with E-state index in [1.54, 1.807) is 36.4 Å². The van der Waals surface area contributed by atoms with E-state index in [0.717, 1.165) is 5.56 Å². The van der Waals surface area contributed by atoms with Crippen LogP contribution in [0.25, 0.3) is 0 Å². The number of rotatable bonds is 6. The van der Waals surface area contributed by atoms with Crippen LogP contribution in [0.5, 0.6) is 0 Å². The minimum absolute atomic E-state index is 0.0149. The minimum Gasteiger partial charge on any atom is -0.348 e. The molecule has 0 radical (unpaired) electrons. The average Bonchev–Trinajstić information content (AvgIpc) is 2.67. The lowest BCUT2D eigenvalue weighted by Crippen LogP contribution is -2.24. The van der Waals surface area contributed by atoms with Crippen LogP contribution in [0.1, 0.15) is 15.9 Å². The fraction of sp³-hybridized carbons (Fsp3) is 0.0526. The molecule has 3 rings (SSSR count). The number of hydrogen-bond donors (Lipinski definition) is 2. The highest BCUT2D eigenvalue weighted by Gasteiger charge is 2.13. The van der Waals surface area contributed by atoms with Gasteiger partial charge in [0.25, 0.3) is 11.6 Å². The number of hydrogen-bond acceptors (Lipinski definition) is 5. The number of nitrogens with zero attached hydrogens (tertiary/aromatic N) is 2. The molecule has 2 N–H and O–H groups in total. The van der Waals surface area contributed by atoms with Crippen molar-refractivity contribution in [1.29, 1.82) is 0 Å². The molecule has 0 aliphatic rings. The van der Waals surface area contributed by atoms with E-state index >= 15 is 0 Å². The summed E-state index contributed by atoms with van der Waals surface area (Å²) in [5, 5.41) is 16.3. The molecule has 3 aromatic rings. The summed E-state index contributed by atoms with van der Waals surface area (Å²) in [5.74, 6) is -0.482. The quantitative estimate of drug-likeness (QED) is 0.511. The van der Waals surface area contributed by atoms with Crippen LogP contribution in [0.4, 0.5) is 21.6 Å². The highest BCUT2D eigenvalue weighted by atomic mass is 19.1. The number of carbonyl (C=O) groups is 1. The Labute approximate surface area is 154 Å². The largest absolute Gasteiger partial charge is 0.348 e. The maximum Gasteiger partial charge on any atom is 0.269 e. The number of nitro benzene ring substituents is 1. The van der Waals surface area contributed by atoms with Crippen LogP contribution < -0.4 is 10.6 Å². The summed E-state index contributed by atoms with van der Waals surface area (Å²) in [4.78, 5) is 26.8. The average molecular weight is 366 g/mol. The standard InChI is InChI=1S/C19H15FN4O3/c20-14-3-1-4-15(11-14)23-18-17(5-2-10-21-18)19(25)22-12-13-6-8-16(9-7-13)24(26)27/h1-11H,12H2,(H,21,23)(H,22,25). The molecule has 7 nitrogen and oxygen atoms in total. The highest BCUT2D eigenvalue weighted by molar-refractivity contribution is 5.99. The molecule has 2 aromatic carbocycles. The predicted molar refractivity (Wildman–Crippen MR) is 98.2 cm³/mol. The molecule has 0 aliphatic heterocycles. The molecule has 0 saturated carbocycles. The molecule has 0 aliphatic carbocycles. The Hall–Kier alpha value is -3.81. The molecule has 0 fully saturated rings. The van der Waals surface area contributed by atoms with E-state index < -0.39 is 10.7 Å². The number of amides is 1. The van der Waals surface area contributed by atoms with Crippen LogP contribution in [0.3, 0.4) is 0 Å². The predicted octanol–water partition coefficient (Wildman–Crippen LogP) is 3.80. The van der Waals surface area contributed by atoms with Crippen LogP contribution in [-0.4, -0.2) is 15.8 Å². The van der Waals surface area contributed by atoms with Gasteiger partial charge in [-0.25, -0.2) is 9.37 Å². The summed E-state index contributed by atoms with van der Waals surface area (Å²) in [6.45, 7) is 0.200. The van der Waals surface area contributed by atoms with Gasteiger partial charge in [0.2, 0.25) is 0 Å². The second-order valence-corrected chi connectivity index (χ2v) is 5.64. The monoisotopic (exact) mass is 366 g/mol. The van der Waals surface area contributed by atoms with Crippen LogP contribution in [0.2, 0.25) is 0 Å². The molecule has 8 heteroatoms. The van der Waals surface area contributed by atoms with E-state index in [-0.39, 0.29) is 18.1 Å². The Morgan fingerprint density at radius 1 is 1.11 bits per heavy atom. The zero-order valence-corrected chi connectivity index (χ0v) is 14.1. The molecule has 1 heterocycles. The smallest absolute Gasteiger partial charge is 0.269 e. The molecular weight excluding hydrogens is 351 g/mol. The van der Waals surface area contributed by atoms with Crippen molar-refractivity contribution in [2.24, 2.45) is 0 Å². The van der Waals surface area contributed by atoms with E-state index in [4.69, 9.17) is 0 Å². The van der Waals surface area contributed by atoms with Crippen molar-refractivity contribution in [2.75, 3.05) is 5.32 Å². The number of non-ortho nitro benzene ring substituents is 1. The van der Waals surface area contributed by atoms with Gasteiger partial charge >= 0.3 is 0 Å². The molecule has 0 spiro atoms. The fourth-order valence-electron chi connectivity index (χ4n) is 2.40. The first kappa shape index (κ1) is 18.0. The number of anilines is 2. The Balaban J connectivity index is 1.70. The molecule has 0 saturated heterocycles.